The lowest BCUT2D eigenvalue weighted by Gasteiger charge is -2.10. The van der Waals surface area contributed by atoms with Crippen LogP contribution in [0.3, 0.4) is 0 Å². The normalized spacial score (nSPS) is 17.3. The Hall–Kier alpha value is -2.59. The quantitative estimate of drug-likeness (QED) is 0.395. The summed E-state index contributed by atoms with van der Waals surface area (Å²) in [5.41, 5.74) is 8.16. The molecular weight excluding hydrogens is 424 g/mol. The highest BCUT2D eigenvalue weighted by molar-refractivity contribution is 9.10. The van der Waals surface area contributed by atoms with Gasteiger partial charge in [-0.05, 0) is 48.2 Å². The molecule has 1 atom stereocenters. The third-order valence-electron chi connectivity index (χ3n) is 6.36. The average Bonchev–Trinajstić information content (AvgIpc) is 3.45. The molecule has 1 aliphatic carbocycles. The fourth-order valence-corrected chi connectivity index (χ4v) is 5.35. The predicted molar refractivity (Wildman–Crippen MR) is 117 cm³/mol. The van der Waals surface area contributed by atoms with E-state index in [0.29, 0.717) is 6.04 Å². The molecule has 0 radical (unpaired) electrons. The molecule has 1 unspecified atom stereocenters. The second kappa shape index (κ2) is 6.74. The topological polar surface area (TPSA) is 18.0 Å². The van der Waals surface area contributed by atoms with Gasteiger partial charge in [-0.15, -0.1) is 0 Å². The molecular formula is C25H22BrN2O+. The summed E-state index contributed by atoms with van der Waals surface area (Å²) in [7, 11) is 0. The van der Waals surface area contributed by atoms with Gasteiger partial charge in [0.15, 0.2) is 11.0 Å². The van der Waals surface area contributed by atoms with Crippen LogP contribution in [0.15, 0.2) is 71.5 Å². The first kappa shape index (κ1) is 17.3. The first-order valence-corrected chi connectivity index (χ1v) is 11.1. The van der Waals surface area contributed by atoms with Crippen molar-refractivity contribution in [2.75, 3.05) is 6.61 Å². The SMILES string of the molecule is Brc1ccccc1C[n+]1cn(C2CCc3cc4c(cc32)OCC4)c2ccccc21. The molecule has 4 aromatic rings. The van der Waals surface area contributed by atoms with Gasteiger partial charge in [-0.25, -0.2) is 9.13 Å². The van der Waals surface area contributed by atoms with E-state index in [-0.39, 0.29) is 0 Å². The number of ether oxygens (including phenoxy) is 1. The third kappa shape index (κ3) is 2.81. The Bertz CT molecular complexity index is 1240. The molecule has 0 saturated carbocycles. The number of hydrogen-bond donors (Lipinski definition) is 0. The van der Waals surface area contributed by atoms with Gasteiger partial charge in [0, 0.05) is 22.0 Å². The van der Waals surface area contributed by atoms with E-state index in [9.17, 15) is 0 Å². The molecule has 144 valence electrons. The van der Waals surface area contributed by atoms with E-state index in [1.807, 2.05) is 0 Å². The Morgan fingerprint density at radius 1 is 1.00 bits per heavy atom. The van der Waals surface area contributed by atoms with E-state index < -0.39 is 0 Å². The minimum atomic E-state index is 0.366. The van der Waals surface area contributed by atoms with E-state index >= 15 is 0 Å². The second-order valence-electron chi connectivity index (χ2n) is 8.04. The number of benzene rings is 3. The van der Waals surface area contributed by atoms with Crippen LogP contribution in [0.2, 0.25) is 0 Å². The van der Waals surface area contributed by atoms with Gasteiger partial charge in [0.25, 0.3) is 0 Å². The van der Waals surface area contributed by atoms with Crippen molar-refractivity contribution in [3.63, 3.8) is 0 Å². The van der Waals surface area contributed by atoms with Gasteiger partial charge in [-0.3, -0.25) is 0 Å². The maximum atomic E-state index is 5.87. The van der Waals surface area contributed by atoms with E-state index in [1.54, 1.807) is 0 Å². The Kier molecular flexibility index (Phi) is 4.01. The molecule has 2 heterocycles. The molecule has 0 saturated heterocycles. The minimum Gasteiger partial charge on any atom is -0.493 e. The Balaban J connectivity index is 1.46. The summed E-state index contributed by atoms with van der Waals surface area (Å²) in [6, 6.07) is 22.3. The molecule has 0 fully saturated rings. The molecule has 0 spiro atoms. The van der Waals surface area contributed by atoms with Crippen LogP contribution in [0.1, 0.15) is 34.7 Å². The Morgan fingerprint density at radius 2 is 1.86 bits per heavy atom. The van der Waals surface area contributed by atoms with Crippen LogP contribution in [0.25, 0.3) is 11.0 Å². The monoisotopic (exact) mass is 445 g/mol. The molecule has 4 heteroatoms. The number of nitrogens with zero attached hydrogens (tertiary/aromatic N) is 2. The molecule has 1 aromatic heterocycles. The summed E-state index contributed by atoms with van der Waals surface area (Å²) in [5, 5.41) is 0. The number of imidazole rings is 1. The molecule has 3 nitrogen and oxygen atoms in total. The number of hydrogen-bond acceptors (Lipinski definition) is 1. The fourth-order valence-electron chi connectivity index (χ4n) is 4.94. The third-order valence-corrected chi connectivity index (χ3v) is 7.14. The van der Waals surface area contributed by atoms with Gasteiger partial charge in [0.05, 0.1) is 6.61 Å². The van der Waals surface area contributed by atoms with E-state index in [4.69, 9.17) is 4.74 Å². The van der Waals surface area contributed by atoms with Crippen molar-refractivity contribution in [1.82, 2.24) is 4.57 Å². The number of para-hydroxylation sites is 2. The fraction of sp³-hybridized carbons (Fsp3) is 0.240. The van der Waals surface area contributed by atoms with Crippen LogP contribution in [0.5, 0.6) is 5.75 Å². The van der Waals surface area contributed by atoms with Crippen molar-refractivity contribution in [3.05, 3.63) is 93.7 Å². The van der Waals surface area contributed by atoms with Crippen molar-refractivity contribution >= 4 is 27.0 Å². The molecule has 0 amide bonds. The van der Waals surface area contributed by atoms with Crippen molar-refractivity contribution in [1.29, 1.82) is 0 Å². The summed E-state index contributed by atoms with van der Waals surface area (Å²) in [6.45, 7) is 1.67. The largest absolute Gasteiger partial charge is 0.493 e. The van der Waals surface area contributed by atoms with Crippen LogP contribution in [-0.2, 0) is 19.4 Å². The lowest BCUT2D eigenvalue weighted by atomic mass is 10.0. The lowest BCUT2D eigenvalue weighted by molar-refractivity contribution is -0.663. The number of rotatable bonds is 3. The Labute approximate surface area is 178 Å². The van der Waals surface area contributed by atoms with Gasteiger partial charge in [0.1, 0.15) is 18.3 Å². The van der Waals surface area contributed by atoms with Gasteiger partial charge >= 0.3 is 0 Å². The maximum absolute atomic E-state index is 5.87. The summed E-state index contributed by atoms with van der Waals surface area (Å²) in [6.07, 6.45) is 5.64. The molecule has 3 aromatic carbocycles. The van der Waals surface area contributed by atoms with Crippen molar-refractivity contribution in [3.8, 4) is 5.75 Å². The van der Waals surface area contributed by atoms with Crippen LogP contribution >= 0.6 is 15.9 Å². The number of halogens is 1. The molecule has 0 N–H and O–H groups in total. The van der Waals surface area contributed by atoms with E-state index in [2.05, 4.69) is 92.1 Å². The van der Waals surface area contributed by atoms with Crippen molar-refractivity contribution in [2.45, 2.75) is 31.8 Å². The van der Waals surface area contributed by atoms with Crippen molar-refractivity contribution < 1.29 is 9.30 Å². The van der Waals surface area contributed by atoms with Gasteiger partial charge in [0.2, 0.25) is 6.33 Å². The summed E-state index contributed by atoms with van der Waals surface area (Å²) in [4.78, 5) is 0. The lowest BCUT2D eigenvalue weighted by Crippen LogP contribution is -2.33. The van der Waals surface area contributed by atoms with Gasteiger partial charge in [-0.2, -0.15) is 0 Å². The zero-order valence-corrected chi connectivity index (χ0v) is 17.7. The number of aryl methyl sites for hydroxylation is 1. The van der Waals surface area contributed by atoms with Crippen LogP contribution in [-0.4, -0.2) is 11.2 Å². The summed E-state index contributed by atoms with van der Waals surface area (Å²) in [5.74, 6) is 1.09. The number of aromatic nitrogens is 2. The minimum absolute atomic E-state index is 0.366. The maximum Gasteiger partial charge on any atom is 0.245 e. The van der Waals surface area contributed by atoms with Crippen LogP contribution in [0, 0.1) is 0 Å². The molecule has 6 rings (SSSR count). The second-order valence-corrected chi connectivity index (χ2v) is 8.90. The zero-order chi connectivity index (χ0) is 19.4. The standard InChI is InChI=1S/C25H22BrN2O/c26-21-6-2-1-5-19(21)15-27-16-28(24-8-4-3-7-23(24)27)22-10-9-17-13-18-11-12-29-25(18)14-20(17)22/h1-8,13-14,16,22H,9-12,15H2/q+1. The highest BCUT2D eigenvalue weighted by Gasteiger charge is 2.32. The smallest absolute Gasteiger partial charge is 0.245 e. The molecule has 2 aliphatic rings. The van der Waals surface area contributed by atoms with Crippen LogP contribution in [0.4, 0.5) is 0 Å². The number of fused-ring (bicyclic) bond motifs is 3. The average molecular weight is 446 g/mol. The predicted octanol–water partition coefficient (Wildman–Crippen LogP) is 5.21. The molecule has 29 heavy (non-hydrogen) atoms. The highest BCUT2D eigenvalue weighted by Crippen LogP contribution is 2.40. The summed E-state index contributed by atoms with van der Waals surface area (Å²) >= 11 is 3.71. The van der Waals surface area contributed by atoms with E-state index in [1.165, 1.54) is 33.3 Å². The summed E-state index contributed by atoms with van der Waals surface area (Å²) < 4.78 is 11.9. The van der Waals surface area contributed by atoms with Crippen molar-refractivity contribution in [2.24, 2.45) is 0 Å². The first-order chi connectivity index (χ1) is 14.3. The highest BCUT2D eigenvalue weighted by atomic mass is 79.9. The van der Waals surface area contributed by atoms with E-state index in [0.717, 1.165) is 42.6 Å². The zero-order valence-electron chi connectivity index (χ0n) is 16.1. The van der Waals surface area contributed by atoms with Gasteiger partial charge < -0.3 is 4.74 Å². The molecule has 0 bridgehead atoms. The molecule has 1 aliphatic heterocycles. The van der Waals surface area contributed by atoms with Gasteiger partial charge in [-0.1, -0.05) is 52.3 Å². The Morgan fingerprint density at radius 3 is 2.79 bits per heavy atom. The first-order valence-electron chi connectivity index (χ1n) is 10.3. The van der Waals surface area contributed by atoms with Crippen LogP contribution < -0.4 is 9.30 Å².